The number of aryl methyl sites for hydroxylation is 1. The van der Waals surface area contributed by atoms with Crippen LogP contribution >= 0.6 is 0 Å². The summed E-state index contributed by atoms with van der Waals surface area (Å²) in [7, 11) is 1.61. The van der Waals surface area contributed by atoms with Crippen LogP contribution in [0.1, 0.15) is 75.1 Å². The maximum absolute atomic E-state index is 11.9. The quantitative estimate of drug-likeness (QED) is 0.341. The molecule has 2 aromatic carbocycles. The second-order valence-corrected chi connectivity index (χ2v) is 11.0. The summed E-state index contributed by atoms with van der Waals surface area (Å²) in [4.78, 5) is 38.9. The van der Waals surface area contributed by atoms with Gasteiger partial charge in [0.25, 0.3) is 0 Å². The zero-order valence-corrected chi connectivity index (χ0v) is 23.9. The molecule has 1 aliphatic carbocycles. The normalized spacial score (nSPS) is 20.1. The number of aliphatic carboxylic acids is 1. The lowest BCUT2D eigenvalue weighted by Gasteiger charge is -2.35. The van der Waals surface area contributed by atoms with Gasteiger partial charge in [-0.15, -0.1) is 0 Å². The molecule has 2 aromatic rings. The van der Waals surface area contributed by atoms with Gasteiger partial charge in [-0.05, 0) is 73.8 Å². The van der Waals surface area contributed by atoms with Crippen molar-refractivity contribution in [3.63, 3.8) is 0 Å². The number of carboxylic acid groups (broad SMARTS) is 1. The van der Waals surface area contributed by atoms with Gasteiger partial charge in [-0.1, -0.05) is 37.3 Å². The van der Waals surface area contributed by atoms with E-state index in [4.69, 9.17) is 9.47 Å². The molecule has 1 aliphatic heterocycles. The molecule has 0 spiro atoms. The number of ether oxygens (including phenoxy) is 2. The highest BCUT2D eigenvalue weighted by Gasteiger charge is 2.30. The Hall–Kier alpha value is -3.39. The molecule has 40 heavy (non-hydrogen) atoms. The molecule has 1 N–H and O–H groups in total. The van der Waals surface area contributed by atoms with E-state index in [1.165, 1.54) is 16.0 Å². The minimum absolute atomic E-state index is 0.147. The molecule has 0 radical (unpaired) electrons. The molecular weight excluding hydrogens is 508 g/mol. The van der Waals surface area contributed by atoms with Crippen molar-refractivity contribution in [2.45, 2.75) is 71.4 Å². The predicted molar refractivity (Wildman–Crippen MR) is 152 cm³/mol. The number of carbonyl (C=O) groups excluding carboxylic acids is 2. The number of carboxylic acids is 1. The number of rotatable bonds is 13. The standard InChI is InChI=1S/C32H42N2O6/c1-4-23-5-10-26(11-6-23)22(2)33(20-24-7-12-27(13-8-24)32(37)38)21-25-9-14-28(29(19-25)39-3)40-18-17-34-30(35)15-16-31(34)36/h5-6,9-11,14,19,22,24,27H,4,7-8,12-13,15-18,20-21H2,1-3H3,(H,37,38)/t22?,24-,27-. The number of methoxy groups -OCH3 is 1. The minimum Gasteiger partial charge on any atom is -0.493 e. The maximum Gasteiger partial charge on any atom is 0.306 e. The number of benzene rings is 2. The first kappa shape index (κ1) is 29.6. The Kier molecular flexibility index (Phi) is 10.2. The van der Waals surface area contributed by atoms with Crippen molar-refractivity contribution in [2.75, 3.05) is 26.8 Å². The van der Waals surface area contributed by atoms with E-state index in [0.29, 0.717) is 24.0 Å². The highest BCUT2D eigenvalue weighted by atomic mass is 16.5. The van der Waals surface area contributed by atoms with Crippen molar-refractivity contribution in [1.82, 2.24) is 9.80 Å². The molecule has 0 aromatic heterocycles. The van der Waals surface area contributed by atoms with E-state index in [0.717, 1.165) is 44.2 Å². The van der Waals surface area contributed by atoms with Gasteiger partial charge in [0.1, 0.15) is 6.61 Å². The largest absolute Gasteiger partial charge is 0.493 e. The summed E-state index contributed by atoms with van der Waals surface area (Å²) < 4.78 is 11.5. The second kappa shape index (κ2) is 13.8. The van der Waals surface area contributed by atoms with Gasteiger partial charge in [0, 0.05) is 32.0 Å². The zero-order chi connectivity index (χ0) is 28.6. The van der Waals surface area contributed by atoms with Crippen LogP contribution in [0.25, 0.3) is 0 Å². The SMILES string of the molecule is CCc1ccc(C(C)N(Cc2ccc(OCCN3C(=O)CCC3=O)c(OC)c2)C[C@H]2CC[C@H](C(=O)O)CC2)cc1. The minimum atomic E-state index is -0.673. The summed E-state index contributed by atoms with van der Waals surface area (Å²) in [5.74, 6) is 0.450. The van der Waals surface area contributed by atoms with Gasteiger partial charge in [-0.2, -0.15) is 0 Å². The summed E-state index contributed by atoms with van der Waals surface area (Å²) in [6.07, 6.45) is 4.87. The molecule has 8 nitrogen and oxygen atoms in total. The number of amides is 2. The first-order valence-electron chi connectivity index (χ1n) is 14.5. The van der Waals surface area contributed by atoms with E-state index in [9.17, 15) is 19.5 Å². The third-order valence-corrected chi connectivity index (χ3v) is 8.45. The first-order chi connectivity index (χ1) is 19.3. The predicted octanol–water partition coefficient (Wildman–Crippen LogP) is 5.24. The van der Waals surface area contributed by atoms with E-state index in [2.05, 4.69) is 43.0 Å². The highest BCUT2D eigenvalue weighted by Crippen LogP contribution is 2.34. The monoisotopic (exact) mass is 550 g/mol. The molecule has 1 saturated heterocycles. The van der Waals surface area contributed by atoms with Crippen LogP contribution in [0.3, 0.4) is 0 Å². The Morgan fingerprint density at radius 1 is 1.00 bits per heavy atom. The molecule has 1 heterocycles. The fourth-order valence-corrected chi connectivity index (χ4v) is 5.81. The Balaban J connectivity index is 1.46. The molecule has 2 fully saturated rings. The molecule has 1 saturated carbocycles. The molecule has 4 rings (SSSR count). The molecule has 8 heteroatoms. The third-order valence-electron chi connectivity index (χ3n) is 8.45. The van der Waals surface area contributed by atoms with Crippen molar-refractivity contribution < 1.29 is 29.0 Å². The van der Waals surface area contributed by atoms with Crippen LogP contribution in [-0.2, 0) is 27.3 Å². The van der Waals surface area contributed by atoms with Gasteiger partial charge in [0.05, 0.1) is 19.6 Å². The van der Waals surface area contributed by atoms with Gasteiger partial charge >= 0.3 is 5.97 Å². The number of hydrogen-bond acceptors (Lipinski definition) is 6. The average molecular weight is 551 g/mol. The van der Waals surface area contributed by atoms with Crippen LogP contribution in [0.4, 0.5) is 0 Å². The Morgan fingerprint density at radius 3 is 2.25 bits per heavy atom. The van der Waals surface area contributed by atoms with Gasteiger partial charge in [-0.3, -0.25) is 24.2 Å². The highest BCUT2D eigenvalue weighted by molar-refractivity contribution is 6.01. The smallest absolute Gasteiger partial charge is 0.306 e. The van der Waals surface area contributed by atoms with E-state index >= 15 is 0 Å². The van der Waals surface area contributed by atoms with Gasteiger partial charge < -0.3 is 14.6 Å². The van der Waals surface area contributed by atoms with Crippen LogP contribution < -0.4 is 9.47 Å². The lowest BCUT2D eigenvalue weighted by atomic mass is 9.81. The average Bonchev–Trinajstić information content (AvgIpc) is 3.29. The van der Waals surface area contributed by atoms with E-state index in [-0.39, 0.29) is 49.8 Å². The van der Waals surface area contributed by atoms with E-state index in [1.54, 1.807) is 7.11 Å². The van der Waals surface area contributed by atoms with Crippen LogP contribution in [0.15, 0.2) is 42.5 Å². The Morgan fingerprint density at radius 2 is 1.65 bits per heavy atom. The van der Waals surface area contributed by atoms with Crippen molar-refractivity contribution in [1.29, 1.82) is 0 Å². The van der Waals surface area contributed by atoms with E-state index in [1.807, 2.05) is 18.2 Å². The summed E-state index contributed by atoms with van der Waals surface area (Å²) in [5, 5.41) is 9.42. The van der Waals surface area contributed by atoms with Crippen LogP contribution in [0, 0.1) is 11.8 Å². The topological polar surface area (TPSA) is 96.4 Å². The third kappa shape index (κ3) is 7.42. The number of likely N-dealkylation sites (tertiary alicyclic amines) is 1. The van der Waals surface area contributed by atoms with Gasteiger partial charge in [-0.25, -0.2) is 0 Å². The van der Waals surface area contributed by atoms with Crippen molar-refractivity contribution in [3.8, 4) is 11.5 Å². The molecule has 2 aliphatic rings. The summed E-state index contributed by atoms with van der Waals surface area (Å²) >= 11 is 0. The Bertz CT molecular complexity index is 1160. The molecule has 216 valence electrons. The van der Waals surface area contributed by atoms with E-state index < -0.39 is 5.97 Å². The van der Waals surface area contributed by atoms with Crippen molar-refractivity contribution >= 4 is 17.8 Å². The molecular formula is C32H42N2O6. The summed E-state index contributed by atoms with van der Waals surface area (Å²) in [5.41, 5.74) is 3.66. The number of carbonyl (C=O) groups is 3. The van der Waals surface area contributed by atoms with Crippen LogP contribution in [-0.4, -0.2) is 59.5 Å². The number of imide groups is 1. The first-order valence-corrected chi connectivity index (χ1v) is 14.5. The summed E-state index contributed by atoms with van der Waals surface area (Å²) in [6, 6.07) is 14.9. The molecule has 0 bridgehead atoms. The lowest BCUT2D eigenvalue weighted by molar-refractivity contribution is -0.143. The van der Waals surface area contributed by atoms with Crippen molar-refractivity contribution in [2.24, 2.45) is 11.8 Å². The molecule has 2 amide bonds. The summed E-state index contributed by atoms with van der Waals surface area (Å²) in [6.45, 7) is 6.44. The van der Waals surface area contributed by atoms with Gasteiger partial charge in [0.15, 0.2) is 11.5 Å². The van der Waals surface area contributed by atoms with Crippen LogP contribution in [0.5, 0.6) is 11.5 Å². The van der Waals surface area contributed by atoms with Gasteiger partial charge in [0.2, 0.25) is 11.8 Å². The zero-order valence-electron chi connectivity index (χ0n) is 23.9. The number of nitrogens with zero attached hydrogens (tertiary/aromatic N) is 2. The second-order valence-electron chi connectivity index (χ2n) is 11.0. The van der Waals surface area contributed by atoms with Crippen molar-refractivity contribution in [3.05, 3.63) is 59.2 Å². The number of hydrogen-bond donors (Lipinski definition) is 1. The fraction of sp³-hybridized carbons (Fsp3) is 0.531. The molecule has 1 unspecified atom stereocenters. The fourth-order valence-electron chi connectivity index (χ4n) is 5.81. The Labute approximate surface area is 237 Å². The lowest BCUT2D eigenvalue weighted by Crippen LogP contribution is -2.34. The maximum atomic E-state index is 11.9. The van der Waals surface area contributed by atoms with Crippen LogP contribution in [0.2, 0.25) is 0 Å². The molecule has 1 atom stereocenters.